The molecule has 1 aromatic carbocycles. The average molecular weight is 445 g/mol. The number of dihydropyridines is 1. The van der Waals surface area contributed by atoms with Crippen LogP contribution in [0.2, 0.25) is 0 Å². The molecule has 1 aliphatic heterocycles. The SMILES string of the molecule is COc1cc(OCCBr)ccc1[C@@H]1C(C#N)=C(C)NC2=C1C(=O)CC(C)(C)C2. The molecular formula is C22H25BrN2O3. The number of ether oxygens (including phenoxy) is 2. The van der Waals surface area contributed by atoms with Gasteiger partial charge in [0.15, 0.2) is 5.78 Å². The van der Waals surface area contributed by atoms with Gasteiger partial charge in [-0.1, -0.05) is 35.8 Å². The maximum Gasteiger partial charge on any atom is 0.162 e. The summed E-state index contributed by atoms with van der Waals surface area (Å²) >= 11 is 3.35. The van der Waals surface area contributed by atoms with E-state index in [0.717, 1.165) is 28.7 Å². The maximum absolute atomic E-state index is 13.1. The van der Waals surface area contributed by atoms with Gasteiger partial charge in [-0.05, 0) is 24.8 Å². The summed E-state index contributed by atoms with van der Waals surface area (Å²) in [6, 6.07) is 7.90. The van der Waals surface area contributed by atoms with Gasteiger partial charge in [0.2, 0.25) is 0 Å². The van der Waals surface area contributed by atoms with Crippen molar-refractivity contribution in [1.29, 1.82) is 5.26 Å². The summed E-state index contributed by atoms with van der Waals surface area (Å²) in [6.07, 6.45) is 1.24. The molecule has 5 nitrogen and oxygen atoms in total. The Morgan fingerprint density at radius 3 is 2.75 bits per heavy atom. The van der Waals surface area contributed by atoms with E-state index in [1.165, 1.54) is 0 Å². The first kappa shape index (κ1) is 20.5. The standard InChI is InChI=1S/C22H25BrN2O3/c1-13-16(12-24)20(21-17(25-13)10-22(2,3)11-18(21)26)15-6-5-14(28-8-7-23)9-19(15)27-4/h5-6,9,20,25H,7-8,10-11H2,1-4H3/t20-/m1/s1. The molecule has 0 spiro atoms. The second-order valence-corrected chi connectivity index (χ2v) is 8.78. The van der Waals surface area contributed by atoms with Crippen molar-refractivity contribution in [3.05, 3.63) is 46.3 Å². The van der Waals surface area contributed by atoms with Gasteiger partial charge in [-0.2, -0.15) is 5.26 Å². The molecule has 0 amide bonds. The first-order valence-electron chi connectivity index (χ1n) is 9.32. The molecule has 28 heavy (non-hydrogen) atoms. The van der Waals surface area contributed by atoms with Gasteiger partial charge < -0.3 is 14.8 Å². The second kappa shape index (κ2) is 8.00. The number of allylic oxidation sites excluding steroid dienone is 4. The van der Waals surface area contributed by atoms with Crippen LogP contribution in [-0.2, 0) is 4.79 Å². The number of rotatable bonds is 5. The lowest BCUT2D eigenvalue weighted by atomic mass is 9.68. The highest BCUT2D eigenvalue weighted by molar-refractivity contribution is 9.09. The van der Waals surface area contributed by atoms with E-state index in [9.17, 15) is 10.1 Å². The van der Waals surface area contributed by atoms with E-state index in [4.69, 9.17) is 9.47 Å². The van der Waals surface area contributed by atoms with Crippen LogP contribution in [0.1, 0.15) is 45.1 Å². The molecule has 1 heterocycles. The minimum Gasteiger partial charge on any atom is -0.496 e. The van der Waals surface area contributed by atoms with Gasteiger partial charge in [0.1, 0.15) is 11.5 Å². The van der Waals surface area contributed by atoms with Gasteiger partial charge in [-0.15, -0.1) is 0 Å². The van der Waals surface area contributed by atoms with Crippen molar-refractivity contribution < 1.29 is 14.3 Å². The molecule has 6 heteroatoms. The summed E-state index contributed by atoms with van der Waals surface area (Å²) in [5, 5.41) is 13.9. The van der Waals surface area contributed by atoms with Gasteiger partial charge in [0.05, 0.1) is 31.3 Å². The molecule has 0 radical (unpaired) electrons. The summed E-state index contributed by atoms with van der Waals surface area (Å²) in [4.78, 5) is 13.1. The van der Waals surface area contributed by atoms with Gasteiger partial charge >= 0.3 is 0 Å². The summed E-state index contributed by atoms with van der Waals surface area (Å²) < 4.78 is 11.3. The van der Waals surface area contributed by atoms with Crippen molar-refractivity contribution in [3.63, 3.8) is 0 Å². The van der Waals surface area contributed by atoms with Crippen LogP contribution in [0.15, 0.2) is 40.7 Å². The molecule has 1 aromatic rings. The number of carbonyl (C=O) groups is 1. The third-order valence-electron chi connectivity index (χ3n) is 5.22. The number of methoxy groups -OCH3 is 1. The Labute approximate surface area is 174 Å². The highest BCUT2D eigenvalue weighted by Gasteiger charge is 2.41. The molecular weight excluding hydrogens is 420 g/mol. The normalized spacial score (nSPS) is 21.0. The summed E-state index contributed by atoms with van der Waals surface area (Å²) in [7, 11) is 1.60. The lowest BCUT2D eigenvalue weighted by Gasteiger charge is -2.39. The quantitative estimate of drug-likeness (QED) is 0.671. The Bertz CT molecular complexity index is 909. The molecule has 1 atom stereocenters. The monoisotopic (exact) mass is 444 g/mol. The lowest BCUT2D eigenvalue weighted by Crippen LogP contribution is -2.36. The number of Topliss-reactive ketones (excluding diaryl/α,β-unsaturated/α-hetero) is 1. The van der Waals surface area contributed by atoms with E-state index in [1.54, 1.807) is 7.11 Å². The zero-order valence-corrected chi connectivity index (χ0v) is 18.3. The van der Waals surface area contributed by atoms with Crippen LogP contribution in [0.25, 0.3) is 0 Å². The van der Waals surface area contributed by atoms with E-state index in [-0.39, 0.29) is 11.2 Å². The van der Waals surface area contributed by atoms with E-state index in [2.05, 4.69) is 41.2 Å². The van der Waals surface area contributed by atoms with Gasteiger partial charge in [-0.25, -0.2) is 0 Å². The smallest absolute Gasteiger partial charge is 0.162 e. The molecule has 1 N–H and O–H groups in total. The molecule has 0 bridgehead atoms. The van der Waals surface area contributed by atoms with Crippen molar-refractivity contribution in [2.45, 2.75) is 39.5 Å². The van der Waals surface area contributed by atoms with Crippen molar-refractivity contribution in [1.82, 2.24) is 5.32 Å². The number of alkyl halides is 1. The number of nitrogens with zero attached hydrogens (tertiary/aromatic N) is 1. The largest absolute Gasteiger partial charge is 0.496 e. The third kappa shape index (κ3) is 3.81. The fourth-order valence-corrected chi connectivity index (χ4v) is 4.23. The molecule has 0 saturated heterocycles. The van der Waals surface area contributed by atoms with Crippen molar-refractivity contribution in [2.24, 2.45) is 5.41 Å². The zero-order chi connectivity index (χ0) is 20.5. The summed E-state index contributed by atoms with van der Waals surface area (Å²) in [5.74, 6) is 0.971. The first-order chi connectivity index (χ1) is 13.3. The molecule has 0 fully saturated rings. The van der Waals surface area contributed by atoms with Crippen LogP contribution >= 0.6 is 15.9 Å². The number of ketones is 1. The highest BCUT2D eigenvalue weighted by Crippen LogP contribution is 2.48. The van der Waals surface area contributed by atoms with Gasteiger partial charge in [0, 0.05) is 40.3 Å². The fraction of sp³-hybridized carbons (Fsp3) is 0.455. The number of nitriles is 1. The minimum absolute atomic E-state index is 0.0886. The predicted octanol–water partition coefficient (Wildman–Crippen LogP) is 4.60. The topological polar surface area (TPSA) is 71.3 Å². The molecule has 3 rings (SSSR count). The average Bonchev–Trinajstić information content (AvgIpc) is 2.64. The number of benzene rings is 1. The van der Waals surface area contributed by atoms with Crippen LogP contribution in [0.3, 0.4) is 0 Å². The second-order valence-electron chi connectivity index (χ2n) is 7.98. The van der Waals surface area contributed by atoms with Crippen molar-refractivity contribution >= 4 is 21.7 Å². The van der Waals surface area contributed by atoms with Crippen LogP contribution in [-0.4, -0.2) is 24.8 Å². The van der Waals surface area contributed by atoms with Crippen LogP contribution in [0.5, 0.6) is 11.5 Å². The fourth-order valence-electron chi connectivity index (χ4n) is 4.07. The molecule has 0 aromatic heterocycles. The third-order valence-corrected chi connectivity index (χ3v) is 5.55. The predicted molar refractivity (Wildman–Crippen MR) is 112 cm³/mol. The molecule has 0 unspecified atom stereocenters. The van der Waals surface area contributed by atoms with Crippen molar-refractivity contribution in [2.75, 3.05) is 19.0 Å². The Balaban J connectivity index is 2.14. The zero-order valence-electron chi connectivity index (χ0n) is 16.7. The lowest BCUT2D eigenvalue weighted by molar-refractivity contribution is -0.118. The number of hydrogen-bond acceptors (Lipinski definition) is 5. The Kier molecular flexibility index (Phi) is 5.85. The van der Waals surface area contributed by atoms with E-state index in [0.29, 0.717) is 35.7 Å². The Hall–Kier alpha value is -2.26. The van der Waals surface area contributed by atoms with Crippen LogP contribution < -0.4 is 14.8 Å². The number of halogens is 1. The maximum atomic E-state index is 13.1. The molecule has 0 saturated carbocycles. The number of hydrogen-bond donors (Lipinski definition) is 1. The summed E-state index contributed by atoms with van der Waals surface area (Å²) in [5.41, 5.74) is 3.66. The van der Waals surface area contributed by atoms with E-state index >= 15 is 0 Å². The molecule has 148 valence electrons. The van der Waals surface area contributed by atoms with Crippen LogP contribution in [0, 0.1) is 16.7 Å². The Morgan fingerprint density at radius 2 is 2.11 bits per heavy atom. The van der Waals surface area contributed by atoms with Gasteiger partial charge in [0.25, 0.3) is 0 Å². The summed E-state index contributed by atoms with van der Waals surface area (Å²) in [6.45, 7) is 6.63. The Morgan fingerprint density at radius 1 is 1.36 bits per heavy atom. The molecule has 1 aliphatic carbocycles. The number of nitrogens with one attached hydrogen (secondary N) is 1. The first-order valence-corrected chi connectivity index (χ1v) is 10.4. The van der Waals surface area contributed by atoms with Gasteiger partial charge in [-0.3, -0.25) is 4.79 Å². The minimum atomic E-state index is -0.426. The van der Waals surface area contributed by atoms with Crippen molar-refractivity contribution in [3.8, 4) is 17.6 Å². The van der Waals surface area contributed by atoms with E-state index in [1.807, 2.05) is 25.1 Å². The molecule has 2 aliphatic rings. The van der Waals surface area contributed by atoms with Crippen LogP contribution in [0.4, 0.5) is 0 Å². The highest BCUT2D eigenvalue weighted by atomic mass is 79.9. The number of carbonyl (C=O) groups excluding carboxylic acids is 1. The van der Waals surface area contributed by atoms with E-state index < -0.39 is 5.92 Å².